The highest BCUT2D eigenvalue weighted by Gasteiger charge is 2.28. The maximum atomic E-state index is 13.7. The second kappa shape index (κ2) is 11.6. The minimum Gasteiger partial charge on any atom is -0.497 e. The topological polar surface area (TPSA) is 62.1 Å². The zero-order valence-electron chi connectivity index (χ0n) is 21.5. The van der Waals surface area contributed by atoms with Crippen LogP contribution in [0.1, 0.15) is 36.2 Å². The van der Waals surface area contributed by atoms with Crippen molar-refractivity contribution >= 4 is 11.8 Å². The Morgan fingerprint density at radius 3 is 2.36 bits per heavy atom. The van der Waals surface area contributed by atoms with E-state index in [1.807, 2.05) is 4.90 Å². The Hall–Kier alpha value is -3.39. The number of amides is 1. The first-order valence-corrected chi connectivity index (χ1v) is 12.5. The summed E-state index contributed by atoms with van der Waals surface area (Å²) in [5.41, 5.74) is 2.84. The minimum atomic E-state index is -0.309. The second-order valence-corrected chi connectivity index (χ2v) is 9.75. The number of halogens is 1. The molecule has 1 saturated heterocycles. The van der Waals surface area contributed by atoms with E-state index >= 15 is 0 Å². The Morgan fingerprint density at radius 1 is 1.08 bits per heavy atom. The molecular formula is C28H35FN4O3. The molecule has 1 amide bonds. The summed E-state index contributed by atoms with van der Waals surface area (Å²) in [5.74, 6) is 1.45. The van der Waals surface area contributed by atoms with Gasteiger partial charge in [-0.2, -0.15) is 0 Å². The number of ether oxygens (including phenoxy) is 1. The van der Waals surface area contributed by atoms with Gasteiger partial charge in [-0.3, -0.25) is 4.79 Å². The molecule has 0 atom stereocenters. The van der Waals surface area contributed by atoms with Gasteiger partial charge in [-0.1, -0.05) is 19.0 Å². The summed E-state index contributed by atoms with van der Waals surface area (Å²) in [6.07, 6.45) is 0.864. The monoisotopic (exact) mass is 494 g/mol. The standard InChI is InChI=1S/C28H35FN4O3/c1-20(2)13-14-33(27(34)22-7-11-24(35-4)12-8-22)19-25-26(21-5-9-23(29)10-6-21)30-36-28(25)32-17-15-31(3)16-18-32/h5-12,20H,13-19H2,1-4H3. The fourth-order valence-corrected chi connectivity index (χ4v) is 4.31. The minimum absolute atomic E-state index is 0.0612. The fraction of sp³-hybridized carbons (Fsp3) is 0.429. The molecule has 8 heteroatoms. The molecule has 1 fully saturated rings. The Bertz CT molecular complexity index is 1140. The Kier molecular flexibility index (Phi) is 8.25. The van der Waals surface area contributed by atoms with E-state index in [0.29, 0.717) is 41.9 Å². The summed E-state index contributed by atoms with van der Waals surface area (Å²) >= 11 is 0. The highest BCUT2D eigenvalue weighted by Crippen LogP contribution is 2.33. The molecule has 1 aliphatic heterocycles. The zero-order chi connectivity index (χ0) is 25.7. The molecule has 36 heavy (non-hydrogen) atoms. The molecule has 4 rings (SSSR count). The number of carbonyl (C=O) groups excluding carboxylic acids is 1. The average molecular weight is 495 g/mol. The number of anilines is 1. The number of methoxy groups -OCH3 is 1. The number of likely N-dealkylation sites (N-methyl/N-ethyl adjacent to an activating group) is 1. The predicted molar refractivity (Wildman–Crippen MR) is 139 cm³/mol. The summed E-state index contributed by atoms with van der Waals surface area (Å²) in [7, 11) is 3.71. The maximum Gasteiger partial charge on any atom is 0.254 e. The molecule has 1 aromatic heterocycles. The molecule has 0 saturated carbocycles. The van der Waals surface area contributed by atoms with Crippen molar-refractivity contribution in [2.75, 3.05) is 51.8 Å². The third kappa shape index (κ3) is 6.05. The summed E-state index contributed by atoms with van der Waals surface area (Å²) < 4.78 is 24.8. The van der Waals surface area contributed by atoms with Gasteiger partial charge < -0.3 is 24.0 Å². The third-order valence-electron chi connectivity index (χ3n) is 6.63. The van der Waals surface area contributed by atoms with Crippen LogP contribution in [0.25, 0.3) is 11.3 Å². The summed E-state index contributed by atoms with van der Waals surface area (Å²) in [6, 6.07) is 13.4. The van der Waals surface area contributed by atoms with Gasteiger partial charge in [-0.15, -0.1) is 0 Å². The number of hydrogen-bond donors (Lipinski definition) is 0. The van der Waals surface area contributed by atoms with Crippen molar-refractivity contribution in [1.29, 1.82) is 0 Å². The number of carbonyl (C=O) groups is 1. The average Bonchev–Trinajstić information content (AvgIpc) is 3.30. The second-order valence-electron chi connectivity index (χ2n) is 9.75. The Labute approximate surface area is 212 Å². The molecular weight excluding hydrogens is 459 g/mol. The van der Waals surface area contributed by atoms with E-state index in [2.05, 4.69) is 35.9 Å². The number of hydrogen-bond acceptors (Lipinski definition) is 6. The van der Waals surface area contributed by atoms with Crippen LogP contribution in [-0.4, -0.2) is 67.7 Å². The van der Waals surface area contributed by atoms with Gasteiger partial charge in [0.05, 0.1) is 19.2 Å². The van der Waals surface area contributed by atoms with Gasteiger partial charge in [-0.05, 0) is 67.9 Å². The largest absolute Gasteiger partial charge is 0.497 e. The van der Waals surface area contributed by atoms with Crippen LogP contribution in [0.2, 0.25) is 0 Å². The molecule has 1 aliphatic rings. The molecule has 0 spiro atoms. The lowest BCUT2D eigenvalue weighted by atomic mass is 10.0. The van der Waals surface area contributed by atoms with Crippen LogP contribution in [0.15, 0.2) is 53.1 Å². The molecule has 3 aromatic rings. The van der Waals surface area contributed by atoms with Crippen LogP contribution >= 0.6 is 0 Å². The van der Waals surface area contributed by atoms with Crippen molar-refractivity contribution in [3.05, 3.63) is 65.5 Å². The van der Waals surface area contributed by atoms with Crippen molar-refractivity contribution in [2.24, 2.45) is 5.92 Å². The summed E-state index contributed by atoms with van der Waals surface area (Å²) in [6.45, 7) is 8.67. The van der Waals surface area contributed by atoms with Gasteiger partial charge in [0.15, 0.2) is 0 Å². The van der Waals surface area contributed by atoms with Crippen molar-refractivity contribution in [3.8, 4) is 17.0 Å². The van der Waals surface area contributed by atoms with Gasteiger partial charge in [0, 0.05) is 43.9 Å². The SMILES string of the molecule is COc1ccc(C(=O)N(CCC(C)C)Cc2c(-c3ccc(F)cc3)noc2N2CCN(C)CC2)cc1. The molecule has 2 aromatic carbocycles. The van der Waals surface area contributed by atoms with E-state index in [-0.39, 0.29) is 11.7 Å². The fourth-order valence-electron chi connectivity index (χ4n) is 4.31. The molecule has 0 bridgehead atoms. The normalized spacial score (nSPS) is 14.3. The van der Waals surface area contributed by atoms with E-state index in [0.717, 1.165) is 43.7 Å². The lowest BCUT2D eigenvalue weighted by Gasteiger charge is -2.33. The van der Waals surface area contributed by atoms with Gasteiger partial charge in [0.2, 0.25) is 5.88 Å². The predicted octanol–water partition coefficient (Wildman–Crippen LogP) is 4.93. The van der Waals surface area contributed by atoms with Crippen LogP contribution in [0.5, 0.6) is 5.75 Å². The first-order chi connectivity index (χ1) is 17.4. The molecule has 7 nitrogen and oxygen atoms in total. The van der Waals surface area contributed by atoms with Gasteiger partial charge in [-0.25, -0.2) is 4.39 Å². The zero-order valence-corrected chi connectivity index (χ0v) is 21.5. The first kappa shape index (κ1) is 25.7. The van der Waals surface area contributed by atoms with E-state index in [9.17, 15) is 9.18 Å². The van der Waals surface area contributed by atoms with E-state index in [4.69, 9.17) is 9.26 Å². The van der Waals surface area contributed by atoms with Gasteiger partial charge >= 0.3 is 0 Å². The summed E-state index contributed by atoms with van der Waals surface area (Å²) in [4.78, 5) is 20.0. The number of nitrogens with zero attached hydrogens (tertiary/aromatic N) is 4. The van der Waals surface area contributed by atoms with E-state index < -0.39 is 0 Å². The lowest BCUT2D eigenvalue weighted by molar-refractivity contribution is 0.0735. The van der Waals surface area contributed by atoms with E-state index in [1.54, 1.807) is 43.5 Å². The van der Waals surface area contributed by atoms with Crippen LogP contribution in [0.4, 0.5) is 10.3 Å². The number of piperazine rings is 1. The molecule has 2 heterocycles. The van der Waals surface area contributed by atoms with Crippen LogP contribution < -0.4 is 9.64 Å². The maximum absolute atomic E-state index is 13.7. The Balaban J connectivity index is 1.70. The highest BCUT2D eigenvalue weighted by molar-refractivity contribution is 5.94. The quantitative estimate of drug-likeness (QED) is 0.420. The van der Waals surface area contributed by atoms with Crippen molar-refractivity contribution in [3.63, 3.8) is 0 Å². The van der Waals surface area contributed by atoms with Crippen LogP contribution in [-0.2, 0) is 6.54 Å². The van der Waals surface area contributed by atoms with Crippen molar-refractivity contribution in [1.82, 2.24) is 15.0 Å². The van der Waals surface area contributed by atoms with E-state index in [1.165, 1.54) is 12.1 Å². The number of benzene rings is 2. The summed E-state index contributed by atoms with van der Waals surface area (Å²) in [5, 5.41) is 4.41. The number of aromatic nitrogens is 1. The Morgan fingerprint density at radius 2 is 1.75 bits per heavy atom. The van der Waals surface area contributed by atoms with Crippen LogP contribution in [0.3, 0.4) is 0 Å². The van der Waals surface area contributed by atoms with Gasteiger partial charge in [0.1, 0.15) is 17.3 Å². The van der Waals surface area contributed by atoms with Gasteiger partial charge in [0.25, 0.3) is 5.91 Å². The third-order valence-corrected chi connectivity index (χ3v) is 6.63. The molecule has 0 radical (unpaired) electrons. The number of rotatable bonds is 9. The smallest absolute Gasteiger partial charge is 0.254 e. The van der Waals surface area contributed by atoms with Crippen LogP contribution in [0, 0.1) is 11.7 Å². The van der Waals surface area contributed by atoms with Crippen molar-refractivity contribution < 1.29 is 18.4 Å². The first-order valence-electron chi connectivity index (χ1n) is 12.5. The molecule has 192 valence electrons. The molecule has 0 N–H and O–H groups in total. The molecule has 0 unspecified atom stereocenters. The highest BCUT2D eigenvalue weighted by atomic mass is 19.1. The van der Waals surface area contributed by atoms with Crippen molar-refractivity contribution in [2.45, 2.75) is 26.8 Å². The lowest BCUT2D eigenvalue weighted by Crippen LogP contribution is -2.45. The molecule has 0 aliphatic carbocycles.